The zero-order valence-electron chi connectivity index (χ0n) is 9.17. The minimum Gasteiger partial charge on any atom is -0.316 e. The van der Waals surface area contributed by atoms with E-state index in [0.29, 0.717) is 12.6 Å². The summed E-state index contributed by atoms with van der Waals surface area (Å²) in [4.78, 5) is 23.9. The highest BCUT2D eigenvalue weighted by Gasteiger charge is 2.22. The third kappa shape index (κ3) is 4.26. The molecule has 1 heterocycles. The smallest absolute Gasteiger partial charge is 0.252 e. The van der Waals surface area contributed by atoms with Gasteiger partial charge >= 0.3 is 0 Å². The van der Waals surface area contributed by atoms with E-state index in [0.717, 1.165) is 19.5 Å². The van der Waals surface area contributed by atoms with E-state index in [1.54, 1.807) is 0 Å². The second-order valence-corrected chi connectivity index (χ2v) is 3.74. The predicted molar refractivity (Wildman–Crippen MR) is 55.9 cm³/mol. The first-order chi connectivity index (χ1) is 7.11. The summed E-state index contributed by atoms with van der Waals surface area (Å²) in [7, 11) is 1.92. The highest BCUT2D eigenvalue weighted by atomic mass is 16.2. The van der Waals surface area contributed by atoms with Crippen LogP contribution in [0, 0.1) is 0 Å². The summed E-state index contributed by atoms with van der Waals surface area (Å²) in [5.74, 6) is -0.445. The van der Waals surface area contributed by atoms with Crippen molar-refractivity contribution in [3.05, 3.63) is 0 Å². The van der Waals surface area contributed by atoms with Crippen LogP contribution in [-0.2, 0) is 9.59 Å². The lowest BCUT2D eigenvalue weighted by Crippen LogP contribution is -2.45. The first-order valence-electron chi connectivity index (χ1n) is 5.07. The average Bonchev–Trinajstić information content (AvgIpc) is 2.62. The van der Waals surface area contributed by atoms with Crippen molar-refractivity contribution >= 4 is 11.8 Å². The minimum atomic E-state index is -0.266. The fourth-order valence-corrected chi connectivity index (χ4v) is 1.61. The van der Waals surface area contributed by atoms with Gasteiger partial charge in [0.15, 0.2) is 0 Å². The number of nitrogens with one attached hydrogen (secondary N) is 3. The molecule has 2 amide bonds. The van der Waals surface area contributed by atoms with Crippen LogP contribution in [0.4, 0.5) is 0 Å². The molecule has 1 aliphatic heterocycles. The Morgan fingerprint density at radius 3 is 2.67 bits per heavy atom. The number of likely N-dealkylation sites (tertiary alicyclic amines) is 1. The third-order valence-electron chi connectivity index (χ3n) is 2.43. The molecule has 1 atom stereocenters. The Hall–Kier alpha value is -1.14. The summed E-state index contributed by atoms with van der Waals surface area (Å²) < 4.78 is 0. The molecular weight excluding hydrogens is 196 g/mol. The second-order valence-electron chi connectivity index (χ2n) is 3.74. The van der Waals surface area contributed by atoms with Gasteiger partial charge in [0.2, 0.25) is 5.91 Å². The van der Waals surface area contributed by atoms with Crippen LogP contribution in [0.1, 0.15) is 13.3 Å². The normalized spacial score (nSPS) is 21.3. The van der Waals surface area contributed by atoms with E-state index >= 15 is 0 Å². The molecule has 1 aliphatic rings. The molecule has 0 radical (unpaired) electrons. The molecule has 86 valence electrons. The highest BCUT2D eigenvalue weighted by molar-refractivity contribution is 5.81. The number of likely N-dealkylation sites (N-methyl/N-ethyl adjacent to an activating group) is 1. The molecule has 0 aromatic rings. The maximum absolute atomic E-state index is 11.3. The summed E-state index contributed by atoms with van der Waals surface area (Å²) in [6, 6.07) is 0.471. The minimum absolute atomic E-state index is 0.179. The van der Waals surface area contributed by atoms with Crippen LogP contribution in [0.2, 0.25) is 0 Å². The van der Waals surface area contributed by atoms with Gasteiger partial charge in [-0.1, -0.05) is 0 Å². The molecule has 1 fully saturated rings. The van der Waals surface area contributed by atoms with Gasteiger partial charge < -0.3 is 5.32 Å². The van der Waals surface area contributed by atoms with Gasteiger partial charge in [-0.2, -0.15) is 0 Å². The van der Waals surface area contributed by atoms with Crippen molar-refractivity contribution in [1.29, 1.82) is 0 Å². The maximum Gasteiger partial charge on any atom is 0.252 e. The predicted octanol–water partition coefficient (Wildman–Crippen LogP) is -1.55. The van der Waals surface area contributed by atoms with Crippen LogP contribution in [0.3, 0.4) is 0 Å². The number of hydrogen-bond donors (Lipinski definition) is 3. The summed E-state index contributed by atoms with van der Waals surface area (Å²) in [5.41, 5.74) is 4.60. The number of nitrogens with zero attached hydrogens (tertiary/aromatic N) is 1. The van der Waals surface area contributed by atoms with Crippen LogP contribution >= 0.6 is 0 Å². The summed E-state index contributed by atoms with van der Waals surface area (Å²) in [6.07, 6.45) is 1.06. The standard InChI is InChI=1S/C9H18N4O2/c1-7(14)11-12-9(15)6-13-4-3-8(5-13)10-2/h8,10H,3-6H2,1-2H3,(H,11,14)(H,12,15). The topological polar surface area (TPSA) is 73.5 Å². The van der Waals surface area contributed by atoms with Crippen LogP contribution in [-0.4, -0.2) is 49.4 Å². The van der Waals surface area contributed by atoms with E-state index in [-0.39, 0.29) is 11.8 Å². The molecule has 0 aromatic heterocycles. The van der Waals surface area contributed by atoms with Gasteiger partial charge in [-0.3, -0.25) is 25.3 Å². The summed E-state index contributed by atoms with van der Waals surface area (Å²) >= 11 is 0. The maximum atomic E-state index is 11.3. The summed E-state index contributed by atoms with van der Waals surface area (Å²) in [6.45, 7) is 3.48. The van der Waals surface area contributed by atoms with E-state index in [1.807, 2.05) is 7.05 Å². The first-order valence-corrected chi connectivity index (χ1v) is 5.07. The Bertz CT molecular complexity index is 244. The zero-order valence-corrected chi connectivity index (χ0v) is 9.17. The largest absolute Gasteiger partial charge is 0.316 e. The lowest BCUT2D eigenvalue weighted by molar-refractivity contribution is -0.128. The van der Waals surface area contributed by atoms with Gasteiger partial charge in [0.05, 0.1) is 6.54 Å². The molecular formula is C9H18N4O2. The molecule has 6 nitrogen and oxygen atoms in total. The van der Waals surface area contributed by atoms with Gasteiger partial charge in [0, 0.05) is 26.1 Å². The van der Waals surface area contributed by atoms with Crippen LogP contribution in [0.25, 0.3) is 0 Å². The SMILES string of the molecule is CNC1CCN(CC(=O)NNC(C)=O)C1. The van der Waals surface area contributed by atoms with Crippen molar-refractivity contribution in [2.45, 2.75) is 19.4 Å². The number of hydrogen-bond acceptors (Lipinski definition) is 4. The van der Waals surface area contributed by atoms with E-state index in [9.17, 15) is 9.59 Å². The Balaban J connectivity index is 2.18. The van der Waals surface area contributed by atoms with Crippen molar-refractivity contribution in [1.82, 2.24) is 21.1 Å². The quantitative estimate of drug-likeness (QED) is 0.497. The number of carbonyl (C=O) groups excluding carboxylic acids is 2. The Labute approximate surface area is 89.4 Å². The second kappa shape index (κ2) is 5.67. The molecule has 0 bridgehead atoms. The van der Waals surface area contributed by atoms with Crippen LogP contribution in [0.15, 0.2) is 0 Å². The lowest BCUT2D eigenvalue weighted by atomic mass is 10.3. The third-order valence-corrected chi connectivity index (χ3v) is 2.43. The molecule has 0 aliphatic carbocycles. The molecule has 0 spiro atoms. The van der Waals surface area contributed by atoms with E-state index in [1.165, 1.54) is 6.92 Å². The number of hydrazine groups is 1. The van der Waals surface area contributed by atoms with Gasteiger partial charge in [-0.05, 0) is 13.5 Å². The van der Waals surface area contributed by atoms with Gasteiger partial charge in [0.25, 0.3) is 5.91 Å². The Morgan fingerprint density at radius 2 is 2.13 bits per heavy atom. The van der Waals surface area contributed by atoms with Crippen LogP contribution in [0.5, 0.6) is 0 Å². The molecule has 1 unspecified atom stereocenters. The van der Waals surface area contributed by atoms with Crippen molar-refractivity contribution in [2.75, 3.05) is 26.7 Å². The highest BCUT2D eigenvalue weighted by Crippen LogP contribution is 2.07. The van der Waals surface area contributed by atoms with Crippen molar-refractivity contribution < 1.29 is 9.59 Å². The van der Waals surface area contributed by atoms with E-state index < -0.39 is 0 Å². The monoisotopic (exact) mass is 214 g/mol. The van der Waals surface area contributed by atoms with Crippen LogP contribution < -0.4 is 16.2 Å². The fourth-order valence-electron chi connectivity index (χ4n) is 1.61. The Morgan fingerprint density at radius 1 is 1.40 bits per heavy atom. The molecule has 1 saturated heterocycles. The molecule has 3 N–H and O–H groups in total. The van der Waals surface area contributed by atoms with E-state index in [2.05, 4.69) is 21.1 Å². The van der Waals surface area contributed by atoms with Gasteiger partial charge in [-0.15, -0.1) is 0 Å². The number of amides is 2. The first kappa shape index (κ1) is 11.9. The van der Waals surface area contributed by atoms with Gasteiger partial charge in [0.1, 0.15) is 0 Å². The average molecular weight is 214 g/mol. The molecule has 6 heteroatoms. The number of carbonyl (C=O) groups is 2. The number of rotatable bonds is 3. The lowest BCUT2D eigenvalue weighted by Gasteiger charge is -2.15. The van der Waals surface area contributed by atoms with Crippen molar-refractivity contribution in [3.63, 3.8) is 0 Å². The van der Waals surface area contributed by atoms with Crippen molar-refractivity contribution in [2.24, 2.45) is 0 Å². The summed E-state index contributed by atoms with van der Waals surface area (Å²) in [5, 5.41) is 3.17. The zero-order chi connectivity index (χ0) is 11.3. The van der Waals surface area contributed by atoms with E-state index in [4.69, 9.17) is 0 Å². The Kier molecular flexibility index (Phi) is 4.51. The molecule has 0 saturated carbocycles. The van der Waals surface area contributed by atoms with Gasteiger partial charge in [-0.25, -0.2) is 0 Å². The molecule has 0 aromatic carbocycles. The fraction of sp³-hybridized carbons (Fsp3) is 0.778. The molecule has 15 heavy (non-hydrogen) atoms. The van der Waals surface area contributed by atoms with Crippen molar-refractivity contribution in [3.8, 4) is 0 Å². The molecule has 1 rings (SSSR count).